The molecule has 5 nitrogen and oxygen atoms in total. The predicted molar refractivity (Wildman–Crippen MR) is 57.7 cm³/mol. The number of alkyl halides is 4. The van der Waals surface area contributed by atoms with E-state index in [-0.39, 0.29) is 16.6 Å². The Morgan fingerprint density at radius 1 is 1.50 bits per heavy atom. The topological polar surface area (TPSA) is 79.4 Å². The van der Waals surface area contributed by atoms with Crippen LogP contribution in [0.2, 0.25) is 0 Å². The van der Waals surface area contributed by atoms with Crippen LogP contribution in [0.5, 0.6) is 5.75 Å². The number of rotatable bonds is 4. The number of carboxylic acids is 1. The van der Waals surface area contributed by atoms with Crippen LogP contribution in [0.1, 0.15) is 11.3 Å². The monoisotopic (exact) mass is 329 g/mol. The molecule has 100 valence electrons. The molecule has 0 radical (unpaired) electrons. The van der Waals surface area contributed by atoms with E-state index in [4.69, 9.17) is 5.11 Å². The van der Waals surface area contributed by atoms with Crippen LogP contribution < -0.4 is 10.3 Å². The zero-order valence-electron chi connectivity index (χ0n) is 8.68. The van der Waals surface area contributed by atoms with Crippen LogP contribution in [0.15, 0.2) is 10.9 Å². The average molecular weight is 330 g/mol. The van der Waals surface area contributed by atoms with Crippen molar-refractivity contribution in [1.82, 2.24) is 4.98 Å². The normalized spacial score (nSPS) is 11.3. The van der Waals surface area contributed by atoms with Gasteiger partial charge in [0.05, 0.1) is 12.0 Å². The molecule has 0 saturated heterocycles. The van der Waals surface area contributed by atoms with E-state index in [1.807, 2.05) is 0 Å². The predicted octanol–water partition coefficient (Wildman–Crippen LogP) is 1.80. The summed E-state index contributed by atoms with van der Waals surface area (Å²) < 4.78 is 40.0. The second-order valence-corrected chi connectivity index (χ2v) is 3.78. The van der Waals surface area contributed by atoms with Crippen molar-refractivity contribution < 1.29 is 27.8 Å². The smallest absolute Gasteiger partial charge is 0.481 e. The molecule has 1 heterocycles. The molecule has 0 fully saturated rings. The van der Waals surface area contributed by atoms with E-state index in [1.54, 1.807) is 0 Å². The fourth-order valence-electron chi connectivity index (χ4n) is 1.22. The van der Waals surface area contributed by atoms with E-state index in [0.29, 0.717) is 0 Å². The summed E-state index contributed by atoms with van der Waals surface area (Å²) >= 11 is 2.86. The molecule has 0 spiro atoms. The number of nitrogens with one attached hydrogen (secondary N) is 1. The van der Waals surface area contributed by atoms with E-state index in [2.05, 4.69) is 25.7 Å². The van der Waals surface area contributed by atoms with Crippen molar-refractivity contribution in [3.8, 4) is 5.75 Å². The minimum Gasteiger partial charge on any atom is -0.481 e. The van der Waals surface area contributed by atoms with Crippen LogP contribution >= 0.6 is 15.9 Å². The van der Waals surface area contributed by atoms with Gasteiger partial charge in [0.1, 0.15) is 5.75 Å². The van der Waals surface area contributed by atoms with Gasteiger partial charge in [0.15, 0.2) is 0 Å². The van der Waals surface area contributed by atoms with Crippen molar-refractivity contribution in [3.63, 3.8) is 0 Å². The maximum Gasteiger partial charge on any atom is 0.573 e. The fourth-order valence-corrected chi connectivity index (χ4v) is 1.75. The summed E-state index contributed by atoms with van der Waals surface area (Å²) in [6.45, 7) is 0. The van der Waals surface area contributed by atoms with Crippen molar-refractivity contribution in [2.24, 2.45) is 0 Å². The highest BCUT2D eigenvalue weighted by Crippen LogP contribution is 2.26. The number of carbonyl (C=O) groups is 1. The van der Waals surface area contributed by atoms with Gasteiger partial charge in [0.25, 0.3) is 5.56 Å². The van der Waals surface area contributed by atoms with Gasteiger partial charge in [-0.15, -0.1) is 13.2 Å². The number of hydrogen-bond donors (Lipinski definition) is 2. The lowest BCUT2D eigenvalue weighted by Crippen LogP contribution is -2.23. The molecule has 0 aliphatic heterocycles. The minimum atomic E-state index is -4.95. The first-order valence-corrected chi connectivity index (χ1v) is 5.63. The van der Waals surface area contributed by atoms with Crippen LogP contribution in [0, 0.1) is 0 Å². The van der Waals surface area contributed by atoms with Crippen molar-refractivity contribution in [2.75, 3.05) is 0 Å². The molecule has 0 aliphatic carbocycles. The Kier molecular flexibility index (Phi) is 4.38. The standard InChI is InChI=1S/C9H7BrF3NO4/c10-3-5-6(18-9(11,12)13)1-4(2-7(15)16)14-8(5)17/h1H,2-3H2,(H,14,17)(H,15,16). The maximum absolute atomic E-state index is 12.1. The molecule has 0 saturated carbocycles. The van der Waals surface area contributed by atoms with Crippen molar-refractivity contribution >= 4 is 21.9 Å². The molecule has 2 N–H and O–H groups in total. The zero-order valence-corrected chi connectivity index (χ0v) is 10.3. The molecule has 0 bridgehead atoms. The fraction of sp³-hybridized carbons (Fsp3) is 0.333. The van der Waals surface area contributed by atoms with Crippen molar-refractivity contribution in [2.45, 2.75) is 18.1 Å². The Morgan fingerprint density at radius 3 is 2.56 bits per heavy atom. The number of aromatic amines is 1. The SMILES string of the molecule is O=C(O)Cc1cc(OC(F)(F)F)c(CBr)c(=O)[nH]1. The van der Waals surface area contributed by atoms with E-state index in [0.717, 1.165) is 6.07 Å². The number of carboxylic acid groups (broad SMARTS) is 1. The lowest BCUT2D eigenvalue weighted by Gasteiger charge is -2.12. The number of aromatic nitrogens is 1. The quantitative estimate of drug-likeness (QED) is 0.825. The highest BCUT2D eigenvalue weighted by molar-refractivity contribution is 9.08. The van der Waals surface area contributed by atoms with E-state index >= 15 is 0 Å². The van der Waals surface area contributed by atoms with Gasteiger partial charge >= 0.3 is 12.3 Å². The highest BCUT2D eigenvalue weighted by atomic mass is 79.9. The molecular weight excluding hydrogens is 323 g/mol. The first-order valence-electron chi connectivity index (χ1n) is 4.51. The molecule has 18 heavy (non-hydrogen) atoms. The van der Waals surface area contributed by atoms with Gasteiger partial charge in [-0.2, -0.15) is 0 Å². The number of H-pyrrole nitrogens is 1. The molecule has 1 aromatic heterocycles. The molecule has 0 aliphatic rings. The summed E-state index contributed by atoms with van der Waals surface area (Å²) in [4.78, 5) is 24.0. The Morgan fingerprint density at radius 2 is 2.11 bits per heavy atom. The van der Waals surface area contributed by atoms with E-state index in [9.17, 15) is 22.8 Å². The lowest BCUT2D eigenvalue weighted by molar-refractivity contribution is -0.274. The largest absolute Gasteiger partial charge is 0.573 e. The summed E-state index contributed by atoms with van der Waals surface area (Å²) in [7, 11) is 0. The Bertz CT molecular complexity index is 512. The minimum absolute atomic E-state index is 0.152. The third kappa shape index (κ3) is 4.06. The lowest BCUT2D eigenvalue weighted by atomic mass is 10.2. The number of hydrogen-bond acceptors (Lipinski definition) is 3. The molecule has 0 atom stereocenters. The second-order valence-electron chi connectivity index (χ2n) is 3.22. The number of halogens is 4. The number of aliphatic carboxylic acids is 1. The van der Waals surface area contributed by atoms with Crippen LogP contribution in [0.25, 0.3) is 0 Å². The number of pyridine rings is 1. The molecule has 0 amide bonds. The molecule has 9 heteroatoms. The zero-order chi connectivity index (χ0) is 13.9. The van der Waals surface area contributed by atoms with Gasteiger partial charge in [0, 0.05) is 17.1 Å². The number of ether oxygens (including phenoxy) is 1. The molecule has 0 unspecified atom stereocenters. The summed E-state index contributed by atoms with van der Waals surface area (Å²) in [6.07, 6.45) is -5.56. The van der Waals surface area contributed by atoms with Crippen LogP contribution in [0.3, 0.4) is 0 Å². The van der Waals surface area contributed by atoms with Gasteiger partial charge in [-0.3, -0.25) is 9.59 Å². The molecular formula is C9H7BrF3NO4. The van der Waals surface area contributed by atoms with Gasteiger partial charge in [-0.1, -0.05) is 15.9 Å². The first-order chi connectivity index (χ1) is 8.23. The summed E-state index contributed by atoms with van der Waals surface area (Å²) in [5.74, 6) is -1.99. The maximum atomic E-state index is 12.1. The summed E-state index contributed by atoms with van der Waals surface area (Å²) in [6, 6.07) is 0.847. The van der Waals surface area contributed by atoms with Crippen LogP contribution in [0.4, 0.5) is 13.2 Å². The van der Waals surface area contributed by atoms with Crippen molar-refractivity contribution in [3.05, 3.63) is 27.7 Å². The average Bonchev–Trinajstić information content (AvgIpc) is 2.13. The molecule has 0 aromatic carbocycles. The first kappa shape index (κ1) is 14.6. The van der Waals surface area contributed by atoms with Gasteiger partial charge in [-0.05, 0) is 0 Å². The Balaban J connectivity index is 3.23. The molecule has 1 aromatic rings. The second kappa shape index (κ2) is 5.42. The Hall–Kier alpha value is -1.51. The summed E-state index contributed by atoms with van der Waals surface area (Å²) in [5, 5.41) is 8.36. The van der Waals surface area contributed by atoms with Crippen LogP contribution in [-0.2, 0) is 16.5 Å². The van der Waals surface area contributed by atoms with Gasteiger partial charge < -0.3 is 14.8 Å². The van der Waals surface area contributed by atoms with E-state index in [1.165, 1.54) is 0 Å². The third-order valence-electron chi connectivity index (χ3n) is 1.85. The van der Waals surface area contributed by atoms with E-state index < -0.39 is 30.1 Å². The van der Waals surface area contributed by atoms with Crippen molar-refractivity contribution in [1.29, 1.82) is 0 Å². The molecule has 1 rings (SSSR count). The summed E-state index contributed by atoms with van der Waals surface area (Å²) in [5.41, 5.74) is -1.26. The van der Waals surface area contributed by atoms with Gasteiger partial charge in [-0.25, -0.2) is 0 Å². The van der Waals surface area contributed by atoms with Gasteiger partial charge in [0.2, 0.25) is 0 Å². The Labute approximate surface area is 107 Å². The third-order valence-corrected chi connectivity index (χ3v) is 2.41. The van der Waals surface area contributed by atoms with Crippen LogP contribution in [-0.4, -0.2) is 22.4 Å². The highest BCUT2D eigenvalue weighted by Gasteiger charge is 2.32.